The first kappa shape index (κ1) is 11.4. The fourth-order valence-electron chi connectivity index (χ4n) is 1.91. The quantitative estimate of drug-likeness (QED) is 0.846. The van der Waals surface area contributed by atoms with Crippen LogP contribution in [0.1, 0.15) is 19.4 Å². The second-order valence-corrected chi connectivity index (χ2v) is 4.88. The van der Waals surface area contributed by atoms with Crippen LogP contribution in [0.3, 0.4) is 0 Å². The van der Waals surface area contributed by atoms with Gasteiger partial charge in [-0.2, -0.15) is 0 Å². The lowest BCUT2D eigenvalue weighted by Gasteiger charge is -2.17. The van der Waals surface area contributed by atoms with E-state index in [-0.39, 0.29) is 11.8 Å². The summed E-state index contributed by atoms with van der Waals surface area (Å²) >= 11 is 0. The lowest BCUT2D eigenvalue weighted by Crippen LogP contribution is -2.39. The molecule has 0 radical (unpaired) electrons. The van der Waals surface area contributed by atoms with Crippen molar-refractivity contribution in [2.75, 3.05) is 13.7 Å². The van der Waals surface area contributed by atoms with Crippen molar-refractivity contribution in [2.45, 2.75) is 32.0 Å². The van der Waals surface area contributed by atoms with Crippen molar-refractivity contribution >= 4 is 0 Å². The third kappa shape index (κ3) is 2.74. The standard InChI is InChI=1S/C13H19NO2/c1-13(2)9-16-12(14-13)8-10-4-6-11(15-3)7-5-10/h4-7,12,14H,8-9H2,1-3H3. The Kier molecular flexibility index (Phi) is 3.17. The monoisotopic (exact) mass is 221 g/mol. The van der Waals surface area contributed by atoms with Crippen molar-refractivity contribution in [3.05, 3.63) is 29.8 Å². The molecule has 1 unspecified atom stereocenters. The number of rotatable bonds is 3. The second kappa shape index (κ2) is 4.44. The Hall–Kier alpha value is -1.06. The lowest BCUT2D eigenvalue weighted by atomic mass is 10.1. The first-order valence-corrected chi connectivity index (χ1v) is 5.61. The number of benzene rings is 1. The summed E-state index contributed by atoms with van der Waals surface area (Å²) in [4.78, 5) is 0. The average Bonchev–Trinajstić information content (AvgIpc) is 2.59. The fourth-order valence-corrected chi connectivity index (χ4v) is 1.91. The van der Waals surface area contributed by atoms with Crippen molar-refractivity contribution in [1.82, 2.24) is 5.32 Å². The van der Waals surface area contributed by atoms with Gasteiger partial charge < -0.3 is 9.47 Å². The number of hydrogen-bond acceptors (Lipinski definition) is 3. The average molecular weight is 221 g/mol. The SMILES string of the molecule is COc1ccc(CC2NC(C)(C)CO2)cc1. The van der Waals surface area contributed by atoms with Crippen molar-refractivity contribution < 1.29 is 9.47 Å². The Balaban J connectivity index is 1.94. The summed E-state index contributed by atoms with van der Waals surface area (Å²) in [6, 6.07) is 8.12. The van der Waals surface area contributed by atoms with Crippen molar-refractivity contribution in [3.8, 4) is 5.75 Å². The zero-order valence-corrected chi connectivity index (χ0v) is 10.1. The van der Waals surface area contributed by atoms with Gasteiger partial charge in [-0.25, -0.2) is 0 Å². The van der Waals surface area contributed by atoms with Crippen molar-refractivity contribution in [3.63, 3.8) is 0 Å². The Morgan fingerprint density at radius 1 is 1.38 bits per heavy atom. The summed E-state index contributed by atoms with van der Waals surface area (Å²) in [6.45, 7) is 5.08. The molecule has 1 aliphatic heterocycles. The molecule has 0 aliphatic carbocycles. The molecule has 1 fully saturated rings. The molecule has 1 aromatic carbocycles. The number of hydrogen-bond donors (Lipinski definition) is 1. The van der Waals surface area contributed by atoms with Gasteiger partial charge in [0, 0.05) is 12.0 Å². The highest BCUT2D eigenvalue weighted by Crippen LogP contribution is 2.18. The number of ether oxygens (including phenoxy) is 2. The molecular weight excluding hydrogens is 202 g/mol. The fraction of sp³-hybridized carbons (Fsp3) is 0.538. The topological polar surface area (TPSA) is 30.5 Å². The molecule has 0 bridgehead atoms. The van der Waals surface area contributed by atoms with Gasteiger partial charge in [-0.1, -0.05) is 12.1 Å². The summed E-state index contributed by atoms with van der Waals surface area (Å²) in [5.74, 6) is 0.893. The van der Waals surface area contributed by atoms with Crippen molar-refractivity contribution in [2.24, 2.45) is 0 Å². The van der Waals surface area contributed by atoms with Gasteiger partial charge in [0.2, 0.25) is 0 Å². The van der Waals surface area contributed by atoms with E-state index >= 15 is 0 Å². The van der Waals surface area contributed by atoms with E-state index in [1.54, 1.807) is 7.11 Å². The molecule has 1 aliphatic rings. The summed E-state index contributed by atoms with van der Waals surface area (Å²) in [6.07, 6.45) is 1.02. The molecule has 2 rings (SSSR count). The highest BCUT2D eigenvalue weighted by molar-refractivity contribution is 5.27. The van der Waals surface area contributed by atoms with Crippen LogP contribution in [0.5, 0.6) is 5.75 Å². The molecule has 1 atom stereocenters. The maximum Gasteiger partial charge on any atom is 0.118 e. The predicted octanol–water partition coefficient (Wildman–Crippen LogP) is 1.96. The van der Waals surface area contributed by atoms with Crippen LogP contribution in [0.2, 0.25) is 0 Å². The third-order valence-electron chi connectivity index (χ3n) is 2.78. The number of nitrogens with one attached hydrogen (secondary N) is 1. The normalized spacial score (nSPS) is 23.3. The Morgan fingerprint density at radius 3 is 2.56 bits per heavy atom. The van der Waals surface area contributed by atoms with Crippen LogP contribution in [-0.2, 0) is 11.2 Å². The van der Waals surface area contributed by atoms with E-state index in [1.165, 1.54) is 5.56 Å². The van der Waals surface area contributed by atoms with Crippen LogP contribution in [0, 0.1) is 0 Å². The van der Waals surface area contributed by atoms with E-state index in [4.69, 9.17) is 9.47 Å². The van der Waals surface area contributed by atoms with Gasteiger partial charge >= 0.3 is 0 Å². The van der Waals surface area contributed by atoms with Crippen LogP contribution < -0.4 is 10.1 Å². The molecule has 1 N–H and O–H groups in total. The smallest absolute Gasteiger partial charge is 0.118 e. The van der Waals surface area contributed by atoms with Gasteiger partial charge in [0.15, 0.2) is 0 Å². The summed E-state index contributed by atoms with van der Waals surface area (Å²) in [7, 11) is 1.68. The highest BCUT2D eigenvalue weighted by atomic mass is 16.5. The summed E-state index contributed by atoms with van der Waals surface area (Å²) in [5, 5.41) is 3.45. The molecule has 0 spiro atoms. The van der Waals surface area contributed by atoms with Gasteiger partial charge in [0.05, 0.1) is 13.7 Å². The maximum atomic E-state index is 5.69. The van der Waals surface area contributed by atoms with Gasteiger partial charge in [-0.15, -0.1) is 0 Å². The molecule has 16 heavy (non-hydrogen) atoms. The molecule has 0 saturated carbocycles. The second-order valence-electron chi connectivity index (χ2n) is 4.88. The lowest BCUT2D eigenvalue weighted by molar-refractivity contribution is 0.0987. The molecule has 1 saturated heterocycles. The van der Waals surface area contributed by atoms with E-state index in [1.807, 2.05) is 12.1 Å². The molecule has 0 aromatic heterocycles. The predicted molar refractivity (Wildman–Crippen MR) is 63.7 cm³/mol. The van der Waals surface area contributed by atoms with Gasteiger partial charge in [-0.3, -0.25) is 5.32 Å². The maximum absolute atomic E-state index is 5.69. The first-order chi connectivity index (χ1) is 7.59. The van der Waals surface area contributed by atoms with Gasteiger partial charge in [-0.05, 0) is 31.5 Å². The van der Waals surface area contributed by atoms with Crippen LogP contribution in [0.4, 0.5) is 0 Å². The van der Waals surface area contributed by atoms with Gasteiger partial charge in [0.25, 0.3) is 0 Å². The van der Waals surface area contributed by atoms with E-state index < -0.39 is 0 Å². The van der Waals surface area contributed by atoms with E-state index in [2.05, 4.69) is 31.3 Å². The molecular formula is C13H19NO2. The van der Waals surface area contributed by atoms with Crippen LogP contribution in [0.15, 0.2) is 24.3 Å². The summed E-state index contributed by atoms with van der Waals surface area (Å²) < 4.78 is 10.8. The Morgan fingerprint density at radius 2 is 2.06 bits per heavy atom. The first-order valence-electron chi connectivity index (χ1n) is 5.61. The molecule has 3 nitrogen and oxygen atoms in total. The zero-order valence-electron chi connectivity index (χ0n) is 10.1. The van der Waals surface area contributed by atoms with E-state index in [0.717, 1.165) is 18.8 Å². The van der Waals surface area contributed by atoms with Crippen molar-refractivity contribution in [1.29, 1.82) is 0 Å². The Labute approximate surface area is 96.8 Å². The largest absolute Gasteiger partial charge is 0.497 e. The molecule has 0 amide bonds. The highest BCUT2D eigenvalue weighted by Gasteiger charge is 2.30. The molecule has 3 heteroatoms. The zero-order chi connectivity index (χ0) is 11.6. The minimum absolute atomic E-state index is 0.0944. The van der Waals surface area contributed by atoms with Crippen LogP contribution in [-0.4, -0.2) is 25.5 Å². The van der Waals surface area contributed by atoms with Crippen LogP contribution >= 0.6 is 0 Å². The van der Waals surface area contributed by atoms with E-state index in [0.29, 0.717) is 0 Å². The molecule has 88 valence electrons. The van der Waals surface area contributed by atoms with E-state index in [9.17, 15) is 0 Å². The summed E-state index contributed by atoms with van der Waals surface area (Å²) in [5.41, 5.74) is 1.35. The molecule has 1 aromatic rings. The number of methoxy groups -OCH3 is 1. The Bertz CT molecular complexity index is 345. The minimum Gasteiger partial charge on any atom is -0.497 e. The minimum atomic E-state index is 0.0944. The van der Waals surface area contributed by atoms with Gasteiger partial charge in [0.1, 0.15) is 12.0 Å². The molecule has 1 heterocycles. The van der Waals surface area contributed by atoms with Crippen LogP contribution in [0.25, 0.3) is 0 Å². The third-order valence-corrected chi connectivity index (χ3v) is 2.78.